The molecule has 28 heavy (non-hydrogen) atoms. The summed E-state index contributed by atoms with van der Waals surface area (Å²) >= 11 is 1.64. The third-order valence-corrected chi connectivity index (χ3v) is 6.19. The summed E-state index contributed by atoms with van der Waals surface area (Å²) < 4.78 is 0. The smallest absolute Gasteiger partial charge is 0.254 e. The van der Waals surface area contributed by atoms with Gasteiger partial charge in [0.1, 0.15) is 0 Å². The predicted octanol–water partition coefficient (Wildman–Crippen LogP) is 4.41. The second-order valence-corrected chi connectivity index (χ2v) is 8.22. The Balaban J connectivity index is 1.48. The Kier molecular flexibility index (Phi) is 5.44. The molecule has 2 heterocycles. The second kappa shape index (κ2) is 8.15. The molecule has 0 saturated carbocycles. The molecule has 1 aliphatic heterocycles. The van der Waals surface area contributed by atoms with Crippen LogP contribution in [0.1, 0.15) is 28.8 Å². The summed E-state index contributed by atoms with van der Waals surface area (Å²) in [6.07, 6.45) is 1.70. The molecule has 0 radical (unpaired) electrons. The van der Waals surface area contributed by atoms with Crippen LogP contribution in [0.4, 0.5) is 0 Å². The van der Waals surface area contributed by atoms with Crippen molar-refractivity contribution in [2.24, 2.45) is 5.92 Å². The van der Waals surface area contributed by atoms with E-state index in [1.165, 1.54) is 0 Å². The number of nitrogens with zero attached hydrogens (tertiary/aromatic N) is 2. The lowest BCUT2D eigenvalue weighted by Gasteiger charge is -2.34. The average Bonchev–Trinajstić information content (AvgIpc) is 3.25. The molecule has 0 unspecified atom stereocenters. The molecule has 1 aliphatic rings. The Morgan fingerprint density at radius 2 is 1.96 bits per heavy atom. The molecule has 1 saturated heterocycles. The highest BCUT2D eigenvalue weighted by atomic mass is 32.1. The average molecular weight is 393 g/mol. The number of amides is 2. The molecule has 2 aromatic carbocycles. The van der Waals surface area contributed by atoms with Gasteiger partial charge in [0.25, 0.3) is 5.91 Å². The molecule has 3 aromatic rings. The summed E-state index contributed by atoms with van der Waals surface area (Å²) in [6, 6.07) is 15.8. The minimum atomic E-state index is -0.128. The van der Waals surface area contributed by atoms with E-state index in [0.29, 0.717) is 19.6 Å². The van der Waals surface area contributed by atoms with Gasteiger partial charge in [0.2, 0.25) is 5.91 Å². The van der Waals surface area contributed by atoms with E-state index in [2.05, 4.69) is 5.38 Å². The lowest BCUT2D eigenvalue weighted by Crippen LogP contribution is -2.45. The van der Waals surface area contributed by atoms with Gasteiger partial charge in [0.15, 0.2) is 0 Å². The SMILES string of the molecule is CN(Cc1ccsc1)C(=O)[C@H]1CCCN(C(=O)c2cccc3ccccc23)C1. The summed E-state index contributed by atoms with van der Waals surface area (Å²) in [5.41, 5.74) is 1.87. The summed E-state index contributed by atoms with van der Waals surface area (Å²) in [4.78, 5) is 29.8. The maximum absolute atomic E-state index is 13.2. The minimum Gasteiger partial charge on any atom is -0.341 e. The first-order valence-electron chi connectivity index (χ1n) is 9.66. The number of piperidine rings is 1. The molecule has 1 atom stereocenters. The van der Waals surface area contributed by atoms with Crippen molar-refractivity contribution >= 4 is 33.9 Å². The van der Waals surface area contributed by atoms with Gasteiger partial charge < -0.3 is 9.80 Å². The van der Waals surface area contributed by atoms with Crippen LogP contribution in [-0.2, 0) is 11.3 Å². The van der Waals surface area contributed by atoms with Crippen molar-refractivity contribution in [1.29, 1.82) is 0 Å². The van der Waals surface area contributed by atoms with Crippen LogP contribution in [0.5, 0.6) is 0 Å². The van der Waals surface area contributed by atoms with E-state index in [-0.39, 0.29) is 17.7 Å². The molecule has 1 aromatic heterocycles. The van der Waals surface area contributed by atoms with Crippen LogP contribution < -0.4 is 0 Å². The first kappa shape index (κ1) is 18.7. The van der Waals surface area contributed by atoms with Crippen LogP contribution in [0.25, 0.3) is 10.8 Å². The van der Waals surface area contributed by atoms with E-state index in [4.69, 9.17) is 0 Å². The summed E-state index contributed by atoms with van der Waals surface area (Å²) in [6.45, 7) is 1.82. The van der Waals surface area contributed by atoms with Crippen molar-refractivity contribution in [2.75, 3.05) is 20.1 Å². The van der Waals surface area contributed by atoms with Gasteiger partial charge in [-0.1, -0.05) is 36.4 Å². The van der Waals surface area contributed by atoms with Crippen LogP contribution in [0, 0.1) is 5.92 Å². The van der Waals surface area contributed by atoms with Crippen molar-refractivity contribution in [1.82, 2.24) is 9.80 Å². The number of carbonyl (C=O) groups is 2. The highest BCUT2D eigenvalue weighted by molar-refractivity contribution is 7.07. The van der Waals surface area contributed by atoms with Crippen molar-refractivity contribution < 1.29 is 9.59 Å². The molecular formula is C23H24N2O2S. The topological polar surface area (TPSA) is 40.6 Å². The number of carbonyl (C=O) groups excluding carboxylic acids is 2. The molecule has 0 aliphatic carbocycles. The van der Waals surface area contributed by atoms with Crippen LogP contribution in [0.15, 0.2) is 59.3 Å². The van der Waals surface area contributed by atoms with Gasteiger partial charge in [-0.05, 0) is 52.1 Å². The number of hydrogen-bond donors (Lipinski definition) is 0. The van der Waals surface area contributed by atoms with Crippen LogP contribution >= 0.6 is 11.3 Å². The molecule has 4 rings (SSSR count). The van der Waals surface area contributed by atoms with Gasteiger partial charge in [0.05, 0.1) is 5.92 Å². The van der Waals surface area contributed by atoms with Gasteiger partial charge in [0, 0.05) is 32.2 Å². The normalized spacial score (nSPS) is 16.9. The quantitative estimate of drug-likeness (QED) is 0.660. The molecule has 0 spiro atoms. The third kappa shape index (κ3) is 3.80. The lowest BCUT2D eigenvalue weighted by atomic mass is 9.95. The number of likely N-dealkylation sites (tertiary alicyclic amines) is 1. The molecule has 1 fully saturated rings. The van der Waals surface area contributed by atoms with E-state index < -0.39 is 0 Å². The summed E-state index contributed by atoms with van der Waals surface area (Å²) in [5.74, 6) is 0.0210. The fourth-order valence-corrected chi connectivity index (χ4v) is 4.65. The Hall–Kier alpha value is -2.66. The highest BCUT2D eigenvalue weighted by Crippen LogP contribution is 2.24. The Labute approximate surface area is 169 Å². The Morgan fingerprint density at radius 3 is 2.79 bits per heavy atom. The molecule has 5 heteroatoms. The van der Waals surface area contributed by atoms with Crippen molar-refractivity contribution in [3.05, 3.63) is 70.4 Å². The van der Waals surface area contributed by atoms with Gasteiger partial charge in [-0.25, -0.2) is 0 Å². The maximum atomic E-state index is 13.2. The van der Waals surface area contributed by atoms with E-state index in [1.54, 1.807) is 16.2 Å². The predicted molar refractivity (Wildman–Crippen MR) is 113 cm³/mol. The number of rotatable bonds is 4. The van der Waals surface area contributed by atoms with Gasteiger partial charge in [-0.3, -0.25) is 9.59 Å². The number of benzene rings is 2. The monoisotopic (exact) mass is 392 g/mol. The number of hydrogen-bond acceptors (Lipinski definition) is 3. The Morgan fingerprint density at radius 1 is 1.14 bits per heavy atom. The van der Waals surface area contributed by atoms with Crippen LogP contribution in [-0.4, -0.2) is 41.8 Å². The fourth-order valence-electron chi connectivity index (χ4n) is 3.99. The molecule has 144 valence electrons. The summed E-state index contributed by atoms with van der Waals surface area (Å²) in [7, 11) is 1.85. The number of fused-ring (bicyclic) bond motifs is 1. The lowest BCUT2D eigenvalue weighted by molar-refractivity contribution is -0.136. The standard InChI is InChI=1S/C23H24N2O2S/c1-24(14-17-11-13-28-16-17)22(26)19-8-5-12-25(15-19)23(27)21-10-4-7-18-6-2-3-9-20(18)21/h2-4,6-7,9-11,13,16,19H,5,8,12,14-15H2,1H3/t19-/m0/s1. The van der Waals surface area contributed by atoms with Gasteiger partial charge >= 0.3 is 0 Å². The fraction of sp³-hybridized carbons (Fsp3) is 0.304. The molecule has 0 bridgehead atoms. The van der Waals surface area contributed by atoms with Crippen molar-refractivity contribution in [3.63, 3.8) is 0 Å². The van der Waals surface area contributed by atoms with Crippen molar-refractivity contribution in [3.8, 4) is 0 Å². The van der Waals surface area contributed by atoms with Gasteiger partial charge in [-0.2, -0.15) is 11.3 Å². The zero-order chi connectivity index (χ0) is 19.5. The first-order chi connectivity index (χ1) is 13.6. The van der Waals surface area contributed by atoms with Crippen LogP contribution in [0.2, 0.25) is 0 Å². The van der Waals surface area contributed by atoms with E-state index in [9.17, 15) is 9.59 Å². The Bertz CT molecular complexity index is 978. The molecule has 4 nitrogen and oxygen atoms in total. The molecular weight excluding hydrogens is 368 g/mol. The first-order valence-corrected chi connectivity index (χ1v) is 10.6. The van der Waals surface area contributed by atoms with Gasteiger partial charge in [-0.15, -0.1) is 0 Å². The van der Waals surface area contributed by atoms with Crippen molar-refractivity contribution in [2.45, 2.75) is 19.4 Å². The zero-order valence-electron chi connectivity index (χ0n) is 16.0. The largest absolute Gasteiger partial charge is 0.341 e. The van der Waals surface area contributed by atoms with E-state index in [0.717, 1.165) is 34.7 Å². The minimum absolute atomic E-state index is 0.0230. The number of thiophene rings is 1. The maximum Gasteiger partial charge on any atom is 0.254 e. The third-order valence-electron chi connectivity index (χ3n) is 5.45. The van der Waals surface area contributed by atoms with E-state index in [1.807, 2.05) is 65.9 Å². The summed E-state index contributed by atoms with van der Waals surface area (Å²) in [5, 5.41) is 6.13. The van der Waals surface area contributed by atoms with E-state index >= 15 is 0 Å². The molecule has 0 N–H and O–H groups in total. The van der Waals surface area contributed by atoms with Crippen LogP contribution in [0.3, 0.4) is 0 Å². The molecule has 2 amide bonds. The second-order valence-electron chi connectivity index (χ2n) is 7.44. The zero-order valence-corrected chi connectivity index (χ0v) is 16.8. The highest BCUT2D eigenvalue weighted by Gasteiger charge is 2.31.